The molecule has 0 aromatic rings. The van der Waals surface area contributed by atoms with Crippen LogP contribution in [-0.4, -0.2) is 8.07 Å². The Balaban J connectivity index is 3.55. The molecule has 8 heavy (non-hydrogen) atoms. The summed E-state index contributed by atoms with van der Waals surface area (Å²) in [6.45, 7) is 9.81. The molecule has 0 aliphatic carbocycles. The Morgan fingerprint density at radius 2 is 1.88 bits per heavy atom. The molecule has 48 valence electrons. The van der Waals surface area contributed by atoms with Crippen LogP contribution in [0, 0.1) is 0 Å². The van der Waals surface area contributed by atoms with Crippen molar-refractivity contribution in [3.8, 4) is 0 Å². The van der Waals surface area contributed by atoms with Crippen LogP contribution in [0.4, 0.5) is 0 Å². The van der Waals surface area contributed by atoms with E-state index in [9.17, 15) is 5.11 Å². The zero-order valence-corrected chi connectivity index (χ0v) is 6.82. The highest BCUT2D eigenvalue weighted by molar-refractivity contribution is 6.76. The molecule has 1 nitrogen and oxygen atoms in total. The summed E-state index contributed by atoms with van der Waals surface area (Å²) in [4.78, 5) is 0. The third-order valence-corrected chi connectivity index (χ3v) is 2.18. The second-order valence-corrected chi connectivity index (χ2v) is 8.75. The first-order valence-corrected chi connectivity index (χ1v) is 6.47. The van der Waals surface area contributed by atoms with Gasteiger partial charge in [-0.3, -0.25) is 0 Å². The Morgan fingerprint density at radius 3 is 1.88 bits per heavy atom. The van der Waals surface area contributed by atoms with Gasteiger partial charge in [0.15, 0.2) is 0 Å². The maximum Gasteiger partial charge on any atom is 0.0473 e. The summed E-state index contributed by atoms with van der Waals surface area (Å²) < 4.78 is 0. The van der Waals surface area contributed by atoms with Crippen LogP contribution in [-0.2, 0) is 0 Å². The quantitative estimate of drug-likeness (QED) is 0.406. The van der Waals surface area contributed by atoms with Gasteiger partial charge in [0, 0.05) is 8.07 Å². The second kappa shape index (κ2) is 2.35. The van der Waals surface area contributed by atoms with Gasteiger partial charge in [-0.05, 0) is 6.04 Å². The molecule has 0 heterocycles. The van der Waals surface area contributed by atoms with Gasteiger partial charge in [0.2, 0.25) is 0 Å². The minimum Gasteiger partial charge on any atom is -0.876 e. The maximum absolute atomic E-state index is 10.4. The van der Waals surface area contributed by atoms with Crippen molar-refractivity contribution in [2.45, 2.75) is 25.7 Å². The summed E-state index contributed by atoms with van der Waals surface area (Å²) in [5.74, 6) is 0.0872. The molecular formula is C6H13OSi-. The van der Waals surface area contributed by atoms with E-state index in [0.717, 1.165) is 0 Å². The van der Waals surface area contributed by atoms with Crippen LogP contribution >= 0.6 is 0 Å². The molecule has 0 aromatic heterocycles. The fraction of sp³-hybridized carbons (Fsp3) is 0.667. The molecule has 0 fully saturated rings. The van der Waals surface area contributed by atoms with Crippen molar-refractivity contribution in [1.29, 1.82) is 0 Å². The summed E-state index contributed by atoms with van der Waals surface area (Å²) in [7, 11) is -1.13. The van der Waals surface area contributed by atoms with Gasteiger partial charge < -0.3 is 5.11 Å². The predicted octanol–water partition coefficient (Wildman–Crippen LogP) is 1.20. The average molecular weight is 129 g/mol. The number of rotatable bonds is 2. The van der Waals surface area contributed by atoms with E-state index in [1.807, 2.05) is 0 Å². The van der Waals surface area contributed by atoms with Crippen LogP contribution in [0.1, 0.15) is 0 Å². The van der Waals surface area contributed by atoms with Crippen LogP contribution in [0.15, 0.2) is 12.3 Å². The first-order valence-electron chi connectivity index (χ1n) is 2.76. The minimum absolute atomic E-state index is 0.0872. The lowest BCUT2D eigenvalue weighted by Crippen LogP contribution is -2.23. The van der Waals surface area contributed by atoms with Gasteiger partial charge in [-0.15, -0.1) is 12.3 Å². The SMILES string of the molecule is C=C([O-])C[Si](C)(C)C. The van der Waals surface area contributed by atoms with Gasteiger partial charge in [0.05, 0.1) is 0 Å². The largest absolute Gasteiger partial charge is 0.876 e. The summed E-state index contributed by atoms with van der Waals surface area (Å²) in [5, 5.41) is 10.4. The van der Waals surface area contributed by atoms with Crippen molar-refractivity contribution in [2.24, 2.45) is 0 Å². The van der Waals surface area contributed by atoms with E-state index in [1.54, 1.807) is 0 Å². The Morgan fingerprint density at radius 1 is 1.50 bits per heavy atom. The molecule has 0 rings (SSSR count). The first-order chi connectivity index (χ1) is 3.42. The summed E-state index contributed by atoms with van der Waals surface area (Å²) >= 11 is 0. The van der Waals surface area contributed by atoms with Crippen molar-refractivity contribution in [3.05, 3.63) is 12.3 Å². The van der Waals surface area contributed by atoms with E-state index < -0.39 is 8.07 Å². The second-order valence-electron chi connectivity index (χ2n) is 3.28. The summed E-state index contributed by atoms with van der Waals surface area (Å²) in [6.07, 6.45) is 0. The van der Waals surface area contributed by atoms with Gasteiger partial charge in [0.25, 0.3) is 0 Å². The number of hydrogen-bond donors (Lipinski definition) is 0. The highest BCUT2D eigenvalue weighted by atomic mass is 28.3. The highest BCUT2D eigenvalue weighted by Crippen LogP contribution is 2.09. The Bertz CT molecular complexity index is 91.2. The predicted molar refractivity (Wildman–Crippen MR) is 37.3 cm³/mol. The molecule has 0 aliphatic heterocycles. The van der Waals surface area contributed by atoms with E-state index >= 15 is 0 Å². The molecule has 0 atom stereocenters. The van der Waals surface area contributed by atoms with E-state index in [0.29, 0.717) is 6.04 Å². The normalized spacial score (nSPS) is 11.4. The summed E-state index contributed by atoms with van der Waals surface area (Å²) in [6, 6.07) is 0.715. The molecule has 0 N–H and O–H groups in total. The lowest BCUT2D eigenvalue weighted by molar-refractivity contribution is -0.300. The molecule has 0 aromatic carbocycles. The Hall–Kier alpha value is -0.243. The van der Waals surface area contributed by atoms with E-state index in [2.05, 4.69) is 26.2 Å². The molecule has 0 unspecified atom stereocenters. The molecule has 0 aliphatic rings. The smallest absolute Gasteiger partial charge is 0.0473 e. The zero-order valence-electron chi connectivity index (χ0n) is 5.82. The summed E-state index contributed by atoms with van der Waals surface area (Å²) in [5.41, 5.74) is 0. The topological polar surface area (TPSA) is 23.1 Å². The van der Waals surface area contributed by atoms with E-state index in [-0.39, 0.29) is 5.76 Å². The first kappa shape index (κ1) is 7.76. The van der Waals surface area contributed by atoms with Crippen molar-refractivity contribution >= 4 is 8.07 Å². The Labute approximate surface area is 52.0 Å². The van der Waals surface area contributed by atoms with Gasteiger partial charge in [-0.1, -0.05) is 19.6 Å². The zero-order chi connectivity index (χ0) is 6.78. The number of allylic oxidation sites excluding steroid dienone is 1. The van der Waals surface area contributed by atoms with Gasteiger partial charge >= 0.3 is 0 Å². The molecule has 0 saturated heterocycles. The monoisotopic (exact) mass is 129 g/mol. The molecular weight excluding hydrogens is 116 g/mol. The van der Waals surface area contributed by atoms with Crippen LogP contribution in [0.3, 0.4) is 0 Å². The van der Waals surface area contributed by atoms with Gasteiger partial charge in [-0.2, -0.15) is 0 Å². The fourth-order valence-corrected chi connectivity index (χ4v) is 1.77. The molecule has 0 saturated carbocycles. The van der Waals surface area contributed by atoms with Gasteiger partial charge in [-0.25, -0.2) is 0 Å². The van der Waals surface area contributed by atoms with Crippen molar-refractivity contribution < 1.29 is 5.11 Å². The Kier molecular flexibility index (Phi) is 2.28. The number of hydrogen-bond acceptors (Lipinski definition) is 1. The average Bonchev–Trinajstić information content (AvgIpc) is 1.21. The lowest BCUT2D eigenvalue weighted by atomic mass is 10.7. The third-order valence-electron chi connectivity index (χ3n) is 0.727. The standard InChI is InChI=1S/C6H14OSi/c1-6(7)5-8(2,3)4/h7H,1,5H2,2-4H3/p-1. The van der Waals surface area contributed by atoms with Crippen LogP contribution in [0.2, 0.25) is 25.7 Å². The van der Waals surface area contributed by atoms with Crippen LogP contribution in [0.5, 0.6) is 0 Å². The van der Waals surface area contributed by atoms with Crippen molar-refractivity contribution in [2.75, 3.05) is 0 Å². The highest BCUT2D eigenvalue weighted by Gasteiger charge is 2.09. The minimum atomic E-state index is -1.13. The van der Waals surface area contributed by atoms with Crippen LogP contribution < -0.4 is 5.11 Å². The molecule has 0 radical (unpaired) electrons. The fourth-order valence-electron chi connectivity index (χ4n) is 0.592. The van der Waals surface area contributed by atoms with Crippen LogP contribution in [0.25, 0.3) is 0 Å². The van der Waals surface area contributed by atoms with E-state index in [4.69, 9.17) is 0 Å². The molecule has 0 bridgehead atoms. The van der Waals surface area contributed by atoms with E-state index in [1.165, 1.54) is 0 Å². The van der Waals surface area contributed by atoms with Crippen molar-refractivity contribution in [3.63, 3.8) is 0 Å². The van der Waals surface area contributed by atoms with Gasteiger partial charge in [0.1, 0.15) is 0 Å². The molecule has 0 amide bonds. The maximum atomic E-state index is 10.4. The molecule has 2 heteroatoms. The lowest BCUT2D eigenvalue weighted by Gasteiger charge is -2.19. The molecule has 0 spiro atoms. The van der Waals surface area contributed by atoms with Crippen molar-refractivity contribution in [1.82, 2.24) is 0 Å². The third kappa shape index (κ3) is 5.76.